The van der Waals surface area contributed by atoms with E-state index in [9.17, 15) is 13.2 Å². The Kier molecular flexibility index (Phi) is 3.99. The maximum absolute atomic E-state index is 12.4. The molecule has 0 heterocycles. The molecular weight excluding hydrogens is 231 g/mol. The van der Waals surface area contributed by atoms with Gasteiger partial charge in [0.15, 0.2) is 5.96 Å². The first-order valence-corrected chi connectivity index (χ1v) is 4.61. The number of aliphatic imine (C=N–C) groups is 1. The van der Waals surface area contributed by atoms with Gasteiger partial charge in [0.25, 0.3) is 0 Å². The summed E-state index contributed by atoms with van der Waals surface area (Å²) in [6.45, 7) is 0.0541. The zero-order chi connectivity index (χ0) is 12.9. The minimum Gasteiger partial charge on any atom is -0.370 e. The highest BCUT2D eigenvalue weighted by atomic mass is 19.4. The second-order valence-electron chi connectivity index (χ2n) is 3.12. The molecule has 1 aromatic carbocycles. The lowest BCUT2D eigenvalue weighted by Gasteiger charge is -2.05. The predicted octanol–water partition coefficient (Wildman–Crippen LogP) is 1.33. The van der Waals surface area contributed by atoms with Crippen LogP contribution in [0.25, 0.3) is 0 Å². The molecule has 1 aromatic rings. The fourth-order valence-corrected chi connectivity index (χ4v) is 1.05. The van der Waals surface area contributed by atoms with Gasteiger partial charge in [-0.05, 0) is 18.2 Å². The molecule has 0 unspecified atom stereocenters. The Balaban J connectivity index is 2.83. The Hall–Kier alpha value is -2.16. The molecule has 0 saturated carbocycles. The number of nitrogens with two attached hydrogens (primary N) is 2. The van der Waals surface area contributed by atoms with Crippen molar-refractivity contribution in [3.8, 4) is 11.8 Å². The van der Waals surface area contributed by atoms with E-state index in [4.69, 9.17) is 11.5 Å². The van der Waals surface area contributed by atoms with Gasteiger partial charge >= 0.3 is 6.18 Å². The second kappa shape index (κ2) is 5.25. The van der Waals surface area contributed by atoms with E-state index in [-0.39, 0.29) is 18.1 Å². The van der Waals surface area contributed by atoms with Gasteiger partial charge in [0.2, 0.25) is 0 Å². The zero-order valence-electron chi connectivity index (χ0n) is 8.75. The largest absolute Gasteiger partial charge is 0.416 e. The molecule has 4 N–H and O–H groups in total. The number of rotatable bonds is 1. The average Bonchev–Trinajstić information content (AvgIpc) is 2.23. The maximum atomic E-state index is 12.4. The number of benzene rings is 1. The molecule has 0 aliphatic carbocycles. The van der Waals surface area contributed by atoms with E-state index in [1.807, 2.05) is 0 Å². The van der Waals surface area contributed by atoms with Gasteiger partial charge in [-0.2, -0.15) is 13.2 Å². The van der Waals surface area contributed by atoms with Crippen molar-refractivity contribution in [2.75, 3.05) is 6.54 Å². The van der Waals surface area contributed by atoms with Gasteiger partial charge in [-0.25, -0.2) is 4.99 Å². The Morgan fingerprint density at radius 3 is 2.59 bits per heavy atom. The molecule has 0 spiro atoms. The van der Waals surface area contributed by atoms with Crippen molar-refractivity contribution < 1.29 is 13.2 Å². The van der Waals surface area contributed by atoms with Crippen molar-refractivity contribution in [3.63, 3.8) is 0 Å². The summed E-state index contributed by atoms with van der Waals surface area (Å²) < 4.78 is 37.1. The highest BCUT2D eigenvalue weighted by Gasteiger charge is 2.30. The molecule has 0 aromatic heterocycles. The van der Waals surface area contributed by atoms with E-state index in [1.54, 1.807) is 0 Å². The first kappa shape index (κ1) is 12.9. The monoisotopic (exact) mass is 241 g/mol. The zero-order valence-corrected chi connectivity index (χ0v) is 8.75. The van der Waals surface area contributed by atoms with Gasteiger partial charge < -0.3 is 11.5 Å². The molecule has 0 saturated heterocycles. The average molecular weight is 241 g/mol. The van der Waals surface area contributed by atoms with Crippen LogP contribution in [0.4, 0.5) is 13.2 Å². The van der Waals surface area contributed by atoms with Gasteiger partial charge in [0.05, 0.1) is 5.56 Å². The van der Waals surface area contributed by atoms with Crippen molar-refractivity contribution in [3.05, 3.63) is 35.4 Å². The maximum Gasteiger partial charge on any atom is 0.416 e. The Morgan fingerprint density at radius 1 is 1.29 bits per heavy atom. The molecule has 0 radical (unpaired) electrons. The number of nitrogens with zero attached hydrogens (tertiary/aromatic N) is 1. The second-order valence-corrected chi connectivity index (χ2v) is 3.12. The minimum absolute atomic E-state index is 0.0541. The molecule has 17 heavy (non-hydrogen) atoms. The number of halogens is 3. The van der Waals surface area contributed by atoms with Crippen LogP contribution >= 0.6 is 0 Å². The van der Waals surface area contributed by atoms with Crippen LogP contribution in [-0.2, 0) is 6.18 Å². The Bertz CT molecular complexity index is 477. The molecule has 6 heteroatoms. The van der Waals surface area contributed by atoms with E-state index in [0.29, 0.717) is 0 Å². The lowest BCUT2D eigenvalue weighted by Crippen LogP contribution is -2.22. The first-order chi connectivity index (χ1) is 7.89. The minimum atomic E-state index is -4.36. The third-order valence-corrected chi connectivity index (χ3v) is 1.76. The summed E-state index contributed by atoms with van der Waals surface area (Å²) >= 11 is 0. The van der Waals surface area contributed by atoms with Gasteiger partial charge in [-0.15, -0.1) is 0 Å². The van der Waals surface area contributed by atoms with Crippen LogP contribution in [-0.4, -0.2) is 12.5 Å². The van der Waals surface area contributed by atoms with Crippen LogP contribution < -0.4 is 11.5 Å². The van der Waals surface area contributed by atoms with Crippen LogP contribution in [0, 0.1) is 11.8 Å². The van der Waals surface area contributed by atoms with Gasteiger partial charge in [-0.3, -0.25) is 0 Å². The molecule has 0 bridgehead atoms. The third kappa shape index (κ3) is 4.47. The van der Waals surface area contributed by atoms with E-state index in [1.165, 1.54) is 12.1 Å². The fourth-order valence-electron chi connectivity index (χ4n) is 1.05. The number of guanidine groups is 1. The molecule has 0 amide bonds. The summed E-state index contributed by atoms with van der Waals surface area (Å²) in [6.07, 6.45) is -4.36. The van der Waals surface area contributed by atoms with Crippen LogP contribution in [0.2, 0.25) is 0 Å². The molecule has 90 valence electrons. The molecular formula is C11H10F3N3. The van der Waals surface area contributed by atoms with Crippen molar-refractivity contribution in [1.29, 1.82) is 0 Å². The summed E-state index contributed by atoms with van der Waals surface area (Å²) in [6, 6.07) is 4.74. The highest BCUT2D eigenvalue weighted by molar-refractivity contribution is 5.75. The third-order valence-electron chi connectivity index (χ3n) is 1.76. The smallest absolute Gasteiger partial charge is 0.370 e. The molecule has 0 atom stereocenters. The van der Waals surface area contributed by atoms with E-state index in [2.05, 4.69) is 16.8 Å². The number of hydrogen-bond acceptors (Lipinski definition) is 1. The predicted molar refractivity (Wildman–Crippen MR) is 59.0 cm³/mol. The summed E-state index contributed by atoms with van der Waals surface area (Å²) in [5.74, 6) is 4.98. The Morgan fingerprint density at radius 2 is 2.00 bits per heavy atom. The quantitative estimate of drug-likeness (QED) is 0.442. The fraction of sp³-hybridized carbons (Fsp3) is 0.182. The van der Waals surface area contributed by atoms with Crippen molar-refractivity contribution in [2.24, 2.45) is 16.5 Å². The summed E-state index contributed by atoms with van der Waals surface area (Å²) in [5.41, 5.74) is 9.67. The number of alkyl halides is 3. The highest BCUT2D eigenvalue weighted by Crippen LogP contribution is 2.29. The molecule has 1 rings (SSSR count). The molecule has 0 aliphatic heterocycles. The topological polar surface area (TPSA) is 64.4 Å². The standard InChI is InChI=1S/C11H10F3N3/c12-11(13,14)9-5-1-3-8(7-9)4-2-6-17-10(15)16/h1,3,5,7H,6H2,(H4,15,16,17). The normalized spacial score (nSPS) is 10.3. The van der Waals surface area contributed by atoms with Gasteiger partial charge in [0.1, 0.15) is 6.54 Å². The van der Waals surface area contributed by atoms with E-state index >= 15 is 0 Å². The molecule has 0 aliphatic rings. The molecule has 3 nitrogen and oxygen atoms in total. The lowest BCUT2D eigenvalue weighted by atomic mass is 10.1. The van der Waals surface area contributed by atoms with Crippen molar-refractivity contribution >= 4 is 5.96 Å². The Labute approximate surface area is 96.3 Å². The van der Waals surface area contributed by atoms with Gasteiger partial charge in [-0.1, -0.05) is 17.9 Å². The van der Waals surface area contributed by atoms with Crippen molar-refractivity contribution in [1.82, 2.24) is 0 Å². The van der Waals surface area contributed by atoms with Crippen molar-refractivity contribution in [2.45, 2.75) is 6.18 Å². The van der Waals surface area contributed by atoms with Gasteiger partial charge in [0, 0.05) is 5.56 Å². The summed E-state index contributed by atoms with van der Waals surface area (Å²) in [4.78, 5) is 3.59. The first-order valence-electron chi connectivity index (χ1n) is 4.61. The number of hydrogen-bond donors (Lipinski definition) is 2. The SMILES string of the molecule is NC(N)=NCC#Cc1cccc(C(F)(F)F)c1. The lowest BCUT2D eigenvalue weighted by molar-refractivity contribution is -0.137. The van der Waals surface area contributed by atoms with E-state index in [0.717, 1.165) is 12.1 Å². The summed E-state index contributed by atoms with van der Waals surface area (Å²) in [5, 5.41) is 0. The van der Waals surface area contributed by atoms with Crippen LogP contribution in [0.15, 0.2) is 29.3 Å². The van der Waals surface area contributed by atoms with Crippen LogP contribution in [0.3, 0.4) is 0 Å². The summed E-state index contributed by atoms with van der Waals surface area (Å²) in [7, 11) is 0. The van der Waals surface area contributed by atoms with Crippen LogP contribution in [0.1, 0.15) is 11.1 Å². The van der Waals surface area contributed by atoms with Crippen LogP contribution in [0.5, 0.6) is 0 Å². The van der Waals surface area contributed by atoms with E-state index < -0.39 is 11.7 Å². The molecule has 0 fully saturated rings.